The van der Waals surface area contributed by atoms with Crippen molar-refractivity contribution in [2.24, 2.45) is 0 Å². The minimum atomic E-state index is -4.29. The van der Waals surface area contributed by atoms with Gasteiger partial charge in [-0.1, -0.05) is 12.1 Å². The number of rotatable bonds is 4. The van der Waals surface area contributed by atoms with E-state index in [0.717, 1.165) is 5.56 Å². The van der Waals surface area contributed by atoms with E-state index in [1.807, 2.05) is 0 Å². The second-order valence-electron chi connectivity index (χ2n) is 3.30. The molecule has 16 heavy (non-hydrogen) atoms. The average molecular weight is 248 g/mol. The quantitative estimate of drug-likeness (QED) is 0.596. The van der Waals surface area contributed by atoms with E-state index in [1.165, 1.54) is 6.07 Å². The van der Waals surface area contributed by atoms with Gasteiger partial charge in [0.2, 0.25) is 0 Å². The van der Waals surface area contributed by atoms with Crippen LogP contribution in [0.3, 0.4) is 0 Å². The molecule has 0 aliphatic carbocycles. The summed E-state index contributed by atoms with van der Waals surface area (Å²) < 4.78 is 36.8. The smallest absolute Gasteiger partial charge is 0.303 e. The Morgan fingerprint density at radius 3 is 2.62 bits per heavy atom. The topological polar surface area (TPSA) is 17.1 Å². The van der Waals surface area contributed by atoms with Crippen LogP contribution in [0.2, 0.25) is 0 Å². The fourth-order valence-corrected chi connectivity index (χ4v) is 2.20. The molecule has 1 aromatic carbocycles. The van der Waals surface area contributed by atoms with Crippen molar-refractivity contribution in [3.8, 4) is 0 Å². The van der Waals surface area contributed by atoms with E-state index in [4.69, 9.17) is 0 Å². The van der Waals surface area contributed by atoms with Gasteiger partial charge >= 0.3 is 5.51 Å². The fraction of sp³-hybridized carbons (Fsp3) is 0.364. The van der Waals surface area contributed by atoms with E-state index in [1.54, 1.807) is 19.1 Å². The van der Waals surface area contributed by atoms with Gasteiger partial charge in [0.15, 0.2) is 0 Å². The Balaban J connectivity index is 2.97. The van der Waals surface area contributed by atoms with Crippen molar-refractivity contribution < 1.29 is 18.0 Å². The maximum absolute atomic E-state index is 12.3. The lowest BCUT2D eigenvalue weighted by Gasteiger charge is -2.12. The Bertz CT molecular complexity index is 374. The van der Waals surface area contributed by atoms with E-state index in [9.17, 15) is 18.0 Å². The number of carbonyl (C=O) groups is 1. The highest BCUT2D eigenvalue weighted by molar-refractivity contribution is 8.00. The molecule has 0 aliphatic heterocycles. The van der Waals surface area contributed by atoms with Gasteiger partial charge in [0.1, 0.15) is 6.29 Å². The molecule has 0 saturated heterocycles. The molecule has 0 bridgehead atoms. The van der Waals surface area contributed by atoms with E-state index in [0.29, 0.717) is 18.3 Å². The number of alkyl halides is 3. The molecule has 0 aliphatic rings. The minimum absolute atomic E-state index is 0.124. The maximum Gasteiger partial charge on any atom is 0.446 e. The summed E-state index contributed by atoms with van der Waals surface area (Å²) in [7, 11) is 0. The summed E-state index contributed by atoms with van der Waals surface area (Å²) >= 11 is -0.124. The van der Waals surface area contributed by atoms with Crippen LogP contribution in [0.1, 0.15) is 17.5 Å². The number of aldehydes is 1. The number of carbonyl (C=O) groups excluding carboxylic acids is 1. The fourth-order valence-electron chi connectivity index (χ4n) is 1.42. The summed E-state index contributed by atoms with van der Waals surface area (Å²) in [4.78, 5) is 10.4. The molecule has 1 aromatic rings. The van der Waals surface area contributed by atoms with E-state index >= 15 is 0 Å². The molecule has 0 N–H and O–H groups in total. The van der Waals surface area contributed by atoms with Gasteiger partial charge < -0.3 is 4.79 Å². The van der Waals surface area contributed by atoms with Gasteiger partial charge in [0.05, 0.1) is 0 Å². The number of thioether (sulfide) groups is 1. The van der Waals surface area contributed by atoms with Crippen LogP contribution in [0.4, 0.5) is 13.2 Å². The Hall–Kier alpha value is -0.970. The van der Waals surface area contributed by atoms with E-state index in [-0.39, 0.29) is 23.1 Å². The summed E-state index contributed by atoms with van der Waals surface area (Å²) in [5.41, 5.74) is -2.89. The first kappa shape index (κ1) is 13.1. The zero-order chi connectivity index (χ0) is 12.2. The summed E-state index contributed by atoms with van der Waals surface area (Å²) in [5.74, 6) is 0. The molecule has 5 heteroatoms. The first-order valence-corrected chi connectivity index (χ1v) is 5.53. The highest BCUT2D eigenvalue weighted by Crippen LogP contribution is 2.39. The van der Waals surface area contributed by atoms with Crippen LogP contribution in [0, 0.1) is 6.92 Å². The summed E-state index contributed by atoms with van der Waals surface area (Å²) in [5, 5.41) is 0. The van der Waals surface area contributed by atoms with Gasteiger partial charge in [-0.3, -0.25) is 0 Å². The predicted molar refractivity (Wildman–Crippen MR) is 57.5 cm³/mol. The van der Waals surface area contributed by atoms with Crippen molar-refractivity contribution >= 4 is 18.0 Å². The Morgan fingerprint density at radius 2 is 2.06 bits per heavy atom. The lowest BCUT2D eigenvalue weighted by Crippen LogP contribution is -2.02. The lowest BCUT2D eigenvalue weighted by molar-refractivity contribution is -0.107. The molecule has 0 aromatic heterocycles. The summed E-state index contributed by atoms with van der Waals surface area (Å²) in [6.07, 6.45) is 1.32. The van der Waals surface area contributed by atoms with Crippen molar-refractivity contribution in [2.45, 2.75) is 30.2 Å². The van der Waals surface area contributed by atoms with E-state index in [2.05, 4.69) is 0 Å². The Kier molecular flexibility index (Phi) is 4.41. The number of halogens is 3. The molecule has 0 unspecified atom stereocenters. The van der Waals surface area contributed by atoms with Crippen LogP contribution in [0.15, 0.2) is 23.1 Å². The van der Waals surface area contributed by atoms with Gasteiger partial charge in [-0.25, -0.2) is 0 Å². The highest BCUT2D eigenvalue weighted by Gasteiger charge is 2.30. The van der Waals surface area contributed by atoms with Crippen molar-refractivity contribution in [1.82, 2.24) is 0 Å². The van der Waals surface area contributed by atoms with Gasteiger partial charge in [-0.2, -0.15) is 13.2 Å². The third-order valence-electron chi connectivity index (χ3n) is 2.11. The second-order valence-corrected chi connectivity index (χ2v) is 4.41. The summed E-state index contributed by atoms with van der Waals surface area (Å²) in [6, 6.07) is 4.78. The van der Waals surface area contributed by atoms with E-state index < -0.39 is 5.51 Å². The number of benzene rings is 1. The number of hydrogen-bond acceptors (Lipinski definition) is 2. The molecule has 1 rings (SSSR count). The molecule has 0 spiro atoms. The van der Waals surface area contributed by atoms with Crippen LogP contribution in [0.5, 0.6) is 0 Å². The molecular weight excluding hydrogens is 237 g/mol. The van der Waals surface area contributed by atoms with Gasteiger partial charge in [0.25, 0.3) is 0 Å². The van der Waals surface area contributed by atoms with Crippen LogP contribution in [-0.2, 0) is 11.2 Å². The molecule has 0 saturated carbocycles. The molecule has 1 nitrogen and oxygen atoms in total. The molecular formula is C11H11F3OS. The van der Waals surface area contributed by atoms with Crippen molar-refractivity contribution in [3.63, 3.8) is 0 Å². The zero-order valence-electron chi connectivity index (χ0n) is 8.67. The van der Waals surface area contributed by atoms with Crippen LogP contribution >= 0.6 is 11.8 Å². The average Bonchev–Trinajstić information content (AvgIpc) is 2.14. The SMILES string of the molecule is Cc1cccc(SC(F)(F)F)c1CCC=O. The van der Waals surface area contributed by atoms with Crippen molar-refractivity contribution in [2.75, 3.05) is 0 Å². The molecule has 0 atom stereocenters. The molecule has 0 heterocycles. The molecule has 0 radical (unpaired) electrons. The predicted octanol–water partition coefficient (Wildman–Crippen LogP) is 3.74. The summed E-state index contributed by atoms with van der Waals surface area (Å²) in [6.45, 7) is 1.75. The maximum atomic E-state index is 12.3. The normalized spacial score (nSPS) is 11.5. The first-order valence-electron chi connectivity index (χ1n) is 4.72. The largest absolute Gasteiger partial charge is 0.446 e. The van der Waals surface area contributed by atoms with Crippen LogP contribution < -0.4 is 0 Å². The van der Waals surface area contributed by atoms with Crippen molar-refractivity contribution in [1.29, 1.82) is 0 Å². The molecule has 88 valence electrons. The van der Waals surface area contributed by atoms with Gasteiger partial charge in [-0.15, -0.1) is 0 Å². The van der Waals surface area contributed by atoms with Gasteiger partial charge in [-0.05, 0) is 42.3 Å². The third kappa shape index (κ3) is 3.89. The Labute approximate surface area is 96.0 Å². The molecule has 0 amide bonds. The lowest BCUT2D eigenvalue weighted by atomic mass is 10.0. The second kappa shape index (κ2) is 5.39. The standard InChI is InChI=1S/C11H11F3OS/c1-8-4-2-6-10(16-11(12,13)14)9(8)5-3-7-15/h2,4,6-7H,3,5H2,1H3. The number of hydrogen-bond donors (Lipinski definition) is 0. The van der Waals surface area contributed by atoms with Crippen LogP contribution in [-0.4, -0.2) is 11.8 Å². The first-order chi connectivity index (χ1) is 7.44. The number of aryl methyl sites for hydroxylation is 1. The minimum Gasteiger partial charge on any atom is -0.303 e. The van der Waals surface area contributed by atoms with Gasteiger partial charge in [0, 0.05) is 11.3 Å². The van der Waals surface area contributed by atoms with Crippen molar-refractivity contribution in [3.05, 3.63) is 29.3 Å². The highest BCUT2D eigenvalue weighted by atomic mass is 32.2. The van der Waals surface area contributed by atoms with Crippen LogP contribution in [0.25, 0.3) is 0 Å². The zero-order valence-corrected chi connectivity index (χ0v) is 9.49. The molecule has 0 fully saturated rings. The third-order valence-corrected chi connectivity index (χ3v) is 2.94. The Morgan fingerprint density at radius 1 is 1.38 bits per heavy atom. The monoisotopic (exact) mass is 248 g/mol.